The van der Waals surface area contributed by atoms with Crippen molar-refractivity contribution in [3.05, 3.63) is 35.4 Å². The number of halogens is 2. The second-order valence-electron chi connectivity index (χ2n) is 5.93. The Hall–Kier alpha value is -1.73. The Balaban J connectivity index is 1.84. The monoisotopic (exact) mass is 328 g/mol. The molecule has 3 atom stereocenters. The average molecular weight is 328 g/mol. The van der Waals surface area contributed by atoms with Crippen molar-refractivity contribution < 1.29 is 23.4 Å². The van der Waals surface area contributed by atoms with Gasteiger partial charge in [-0.05, 0) is 38.8 Å². The van der Waals surface area contributed by atoms with Gasteiger partial charge in [-0.15, -0.1) is 0 Å². The minimum atomic E-state index is -1.45. The number of ether oxygens (including phenoxy) is 1. The molecule has 1 aromatic carbocycles. The van der Waals surface area contributed by atoms with Gasteiger partial charge in [0, 0.05) is 12.6 Å². The maximum Gasteiger partial charge on any atom is 0.315 e. The van der Waals surface area contributed by atoms with Crippen LogP contribution in [0.5, 0.6) is 0 Å². The molecule has 1 saturated heterocycles. The molecule has 0 saturated carbocycles. The lowest BCUT2D eigenvalue weighted by atomic mass is 10.0. The van der Waals surface area contributed by atoms with E-state index in [2.05, 4.69) is 10.6 Å². The third kappa shape index (κ3) is 4.87. The first-order valence-electron chi connectivity index (χ1n) is 7.68. The molecule has 2 amide bonds. The number of carbonyl (C=O) groups excluding carboxylic acids is 1. The lowest BCUT2D eigenvalue weighted by Crippen LogP contribution is -2.48. The highest BCUT2D eigenvalue weighted by Gasteiger charge is 2.26. The van der Waals surface area contributed by atoms with Crippen LogP contribution in [0, 0.1) is 11.6 Å². The molecule has 1 aromatic rings. The molecule has 2 rings (SSSR count). The summed E-state index contributed by atoms with van der Waals surface area (Å²) in [6, 6.07) is 2.83. The van der Waals surface area contributed by atoms with Gasteiger partial charge in [0.25, 0.3) is 0 Å². The molecule has 1 aliphatic heterocycles. The van der Waals surface area contributed by atoms with Crippen LogP contribution in [-0.4, -0.2) is 35.9 Å². The van der Waals surface area contributed by atoms with Crippen LogP contribution in [-0.2, 0) is 4.74 Å². The summed E-state index contributed by atoms with van der Waals surface area (Å²) in [5, 5.41) is 15.1. The summed E-state index contributed by atoms with van der Waals surface area (Å²) < 4.78 is 32.7. The lowest BCUT2D eigenvalue weighted by molar-refractivity contribution is -0.0402. The van der Waals surface area contributed by atoms with E-state index in [0.29, 0.717) is 12.8 Å². The van der Waals surface area contributed by atoms with Crippen molar-refractivity contribution in [2.45, 2.75) is 51.0 Å². The Morgan fingerprint density at radius 2 is 1.87 bits per heavy atom. The molecule has 0 aromatic heterocycles. The van der Waals surface area contributed by atoms with Gasteiger partial charge in [-0.25, -0.2) is 13.6 Å². The summed E-state index contributed by atoms with van der Waals surface area (Å²) in [4.78, 5) is 11.9. The van der Waals surface area contributed by atoms with Crippen LogP contribution in [0.4, 0.5) is 13.6 Å². The molecule has 1 aliphatic rings. The van der Waals surface area contributed by atoms with Gasteiger partial charge < -0.3 is 20.5 Å². The van der Waals surface area contributed by atoms with Gasteiger partial charge in [0.2, 0.25) is 0 Å². The standard InChI is InChI=1S/C16H22F2N2O3/c1-9-6-11(7-10(2)23-9)20-16(22)19-8-14(21)15-12(17)4-3-5-13(15)18/h3-5,9-11,14,21H,6-8H2,1-2H3,(H2,19,20,22). The van der Waals surface area contributed by atoms with E-state index >= 15 is 0 Å². The van der Waals surface area contributed by atoms with Crippen molar-refractivity contribution in [3.8, 4) is 0 Å². The molecular weight excluding hydrogens is 306 g/mol. The molecule has 0 spiro atoms. The number of aliphatic hydroxyl groups excluding tert-OH is 1. The molecule has 7 heteroatoms. The van der Waals surface area contributed by atoms with E-state index in [9.17, 15) is 18.7 Å². The normalized spacial score (nSPS) is 25.7. The second-order valence-corrected chi connectivity index (χ2v) is 5.93. The van der Waals surface area contributed by atoms with E-state index < -0.39 is 29.3 Å². The molecule has 23 heavy (non-hydrogen) atoms. The van der Waals surface area contributed by atoms with Crippen molar-refractivity contribution in [2.75, 3.05) is 6.54 Å². The number of amides is 2. The number of aliphatic hydroxyl groups is 1. The molecule has 128 valence electrons. The van der Waals surface area contributed by atoms with Crippen LogP contribution in [0.2, 0.25) is 0 Å². The van der Waals surface area contributed by atoms with Gasteiger partial charge in [-0.2, -0.15) is 0 Å². The smallest absolute Gasteiger partial charge is 0.315 e. The van der Waals surface area contributed by atoms with E-state index in [1.165, 1.54) is 6.07 Å². The molecule has 0 radical (unpaired) electrons. The fourth-order valence-electron chi connectivity index (χ4n) is 2.88. The lowest BCUT2D eigenvalue weighted by Gasteiger charge is -2.32. The number of carbonyl (C=O) groups is 1. The Morgan fingerprint density at radius 1 is 1.30 bits per heavy atom. The number of hydrogen-bond acceptors (Lipinski definition) is 3. The van der Waals surface area contributed by atoms with Crippen LogP contribution in [0.3, 0.4) is 0 Å². The first-order chi connectivity index (χ1) is 10.9. The number of benzene rings is 1. The van der Waals surface area contributed by atoms with Crippen molar-refractivity contribution in [1.82, 2.24) is 10.6 Å². The minimum Gasteiger partial charge on any atom is -0.386 e. The second kappa shape index (κ2) is 7.70. The largest absolute Gasteiger partial charge is 0.386 e. The number of rotatable bonds is 4. The van der Waals surface area contributed by atoms with Gasteiger partial charge in [-0.1, -0.05) is 6.07 Å². The maximum absolute atomic E-state index is 13.5. The van der Waals surface area contributed by atoms with Crippen molar-refractivity contribution in [3.63, 3.8) is 0 Å². The fourth-order valence-corrected chi connectivity index (χ4v) is 2.88. The Labute approximate surface area is 134 Å². The minimum absolute atomic E-state index is 0.0314. The highest BCUT2D eigenvalue weighted by atomic mass is 19.1. The Morgan fingerprint density at radius 3 is 2.43 bits per heavy atom. The van der Waals surface area contributed by atoms with Crippen LogP contribution in [0.25, 0.3) is 0 Å². The predicted molar refractivity (Wildman–Crippen MR) is 80.9 cm³/mol. The predicted octanol–water partition coefficient (Wildman–Crippen LogP) is 2.25. The van der Waals surface area contributed by atoms with Crippen LogP contribution < -0.4 is 10.6 Å². The van der Waals surface area contributed by atoms with Crippen molar-refractivity contribution in [2.24, 2.45) is 0 Å². The first-order valence-corrected chi connectivity index (χ1v) is 7.68. The third-order valence-electron chi connectivity index (χ3n) is 3.82. The van der Waals surface area contributed by atoms with Crippen LogP contribution >= 0.6 is 0 Å². The maximum atomic E-state index is 13.5. The highest BCUT2D eigenvalue weighted by molar-refractivity contribution is 5.74. The number of hydrogen-bond donors (Lipinski definition) is 3. The summed E-state index contributed by atoms with van der Waals surface area (Å²) in [6.45, 7) is 3.60. The summed E-state index contributed by atoms with van der Waals surface area (Å²) in [5.74, 6) is -1.68. The average Bonchev–Trinajstić information content (AvgIpc) is 2.43. The van der Waals surface area contributed by atoms with Crippen molar-refractivity contribution in [1.29, 1.82) is 0 Å². The fraction of sp³-hybridized carbons (Fsp3) is 0.562. The van der Waals surface area contributed by atoms with Crippen LogP contribution in [0.1, 0.15) is 38.4 Å². The van der Waals surface area contributed by atoms with Gasteiger partial charge in [-0.3, -0.25) is 0 Å². The molecule has 0 aliphatic carbocycles. The number of nitrogens with one attached hydrogen (secondary N) is 2. The molecule has 1 heterocycles. The topological polar surface area (TPSA) is 70.6 Å². The van der Waals surface area contributed by atoms with Gasteiger partial charge in [0.1, 0.15) is 17.7 Å². The molecule has 1 fully saturated rings. The van der Waals surface area contributed by atoms with E-state index in [4.69, 9.17) is 4.74 Å². The summed E-state index contributed by atoms with van der Waals surface area (Å²) >= 11 is 0. The van der Waals surface area contributed by atoms with Crippen molar-refractivity contribution >= 4 is 6.03 Å². The molecule has 3 unspecified atom stereocenters. The zero-order chi connectivity index (χ0) is 17.0. The SMILES string of the molecule is CC1CC(NC(=O)NCC(O)c2c(F)cccc2F)CC(C)O1. The molecule has 0 bridgehead atoms. The van der Waals surface area contributed by atoms with Gasteiger partial charge in [0.05, 0.1) is 17.8 Å². The van der Waals surface area contributed by atoms with Crippen LogP contribution in [0.15, 0.2) is 18.2 Å². The summed E-state index contributed by atoms with van der Waals surface area (Å²) in [5.41, 5.74) is -0.443. The first kappa shape index (κ1) is 17.6. The van der Waals surface area contributed by atoms with E-state index in [1.54, 1.807) is 0 Å². The van der Waals surface area contributed by atoms with Gasteiger partial charge in [0.15, 0.2) is 0 Å². The Bertz CT molecular complexity index is 526. The third-order valence-corrected chi connectivity index (χ3v) is 3.82. The zero-order valence-electron chi connectivity index (χ0n) is 13.2. The summed E-state index contributed by atoms with van der Waals surface area (Å²) in [7, 11) is 0. The zero-order valence-corrected chi connectivity index (χ0v) is 13.2. The van der Waals surface area contributed by atoms with E-state index in [1.807, 2.05) is 13.8 Å². The molecule has 5 nitrogen and oxygen atoms in total. The Kier molecular flexibility index (Phi) is 5.90. The summed E-state index contributed by atoms with van der Waals surface area (Å²) in [6.07, 6.45) is 0.0589. The highest BCUT2D eigenvalue weighted by Crippen LogP contribution is 2.20. The van der Waals surface area contributed by atoms with E-state index in [-0.39, 0.29) is 24.8 Å². The van der Waals surface area contributed by atoms with E-state index in [0.717, 1.165) is 12.1 Å². The van der Waals surface area contributed by atoms with Gasteiger partial charge >= 0.3 is 6.03 Å². The molecular formula is C16H22F2N2O3. The quantitative estimate of drug-likeness (QED) is 0.794. The number of urea groups is 1. The molecule has 3 N–H and O–H groups in total.